The predicted octanol–water partition coefficient (Wildman–Crippen LogP) is 4.78. The fourth-order valence-electron chi connectivity index (χ4n) is 4.25. The Kier molecular flexibility index (Phi) is 3.97. The Morgan fingerprint density at radius 3 is 2.43 bits per heavy atom. The lowest BCUT2D eigenvalue weighted by atomic mass is 9.80. The molecule has 4 nitrogen and oxygen atoms in total. The molecule has 0 aliphatic carbocycles. The molecule has 1 aliphatic heterocycles. The van der Waals surface area contributed by atoms with Gasteiger partial charge in [0.2, 0.25) is 0 Å². The van der Waals surface area contributed by atoms with Crippen LogP contribution in [-0.2, 0) is 6.42 Å². The molecule has 2 heterocycles. The number of aromatic nitrogens is 2. The van der Waals surface area contributed by atoms with E-state index >= 15 is 0 Å². The fraction of sp³-hybridized carbons (Fsp3) is 0.167. The van der Waals surface area contributed by atoms with Crippen LogP contribution >= 0.6 is 0 Å². The summed E-state index contributed by atoms with van der Waals surface area (Å²) in [6, 6.07) is 25.0. The molecule has 4 heteroatoms. The third-order valence-corrected chi connectivity index (χ3v) is 5.69. The maximum Gasteiger partial charge on any atom is 0.272 e. The summed E-state index contributed by atoms with van der Waals surface area (Å²) in [4.78, 5) is 12.3. The molecule has 0 saturated carbocycles. The fourth-order valence-corrected chi connectivity index (χ4v) is 4.25. The Hall–Kier alpha value is -3.40. The number of rotatable bonds is 3. The van der Waals surface area contributed by atoms with Gasteiger partial charge in [0, 0.05) is 11.1 Å². The molecule has 0 bridgehead atoms. The SMILES string of the molecule is CCc1ccc(C2Nc3cccc4c(=O)[nH]nc(c34)C2c2ccccc2)cc1. The van der Waals surface area contributed by atoms with Crippen molar-refractivity contribution in [3.05, 3.63) is 106 Å². The normalized spacial score (nSPS) is 18.0. The number of hydrogen-bond donors (Lipinski definition) is 2. The Morgan fingerprint density at radius 2 is 1.68 bits per heavy atom. The molecule has 2 unspecified atom stereocenters. The summed E-state index contributed by atoms with van der Waals surface area (Å²) < 4.78 is 0. The molecule has 138 valence electrons. The third-order valence-electron chi connectivity index (χ3n) is 5.69. The van der Waals surface area contributed by atoms with Crippen LogP contribution in [0.2, 0.25) is 0 Å². The van der Waals surface area contributed by atoms with Gasteiger partial charge in [-0.05, 0) is 35.2 Å². The van der Waals surface area contributed by atoms with Crippen LogP contribution in [0.1, 0.15) is 41.3 Å². The van der Waals surface area contributed by atoms with Gasteiger partial charge in [0.25, 0.3) is 5.56 Å². The monoisotopic (exact) mass is 367 g/mol. The molecule has 2 N–H and O–H groups in total. The molecule has 0 spiro atoms. The van der Waals surface area contributed by atoms with E-state index in [0.717, 1.165) is 23.2 Å². The van der Waals surface area contributed by atoms with Gasteiger partial charge in [-0.3, -0.25) is 4.79 Å². The van der Waals surface area contributed by atoms with E-state index in [-0.39, 0.29) is 17.5 Å². The molecule has 2 atom stereocenters. The second-order valence-corrected chi connectivity index (χ2v) is 7.27. The second kappa shape index (κ2) is 6.64. The maximum absolute atomic E-state index is 12.3. The standard InChI is InChI=1S/C24H21N3O/c1-2-15-11-13-17(14-12-15)22-20(16-7-4-3-5-8-16)23-21-18(24(28)27-26-23)9-6-10-19(21)25-22/h3-14,20,22,25H,2H2,1H3,(H,27,28). The summed E-state index contributed by atoms with van der Waals surface area (Å²) in [5.41, 5.74) is 5.43. The summed E-state index contributed by atoms with van der Waals surface area (Å²) in [5, 5.41) is 12.5. The zero-order chi connectivity index (χ0) is 19.1. The maximum atomic E-state index is 12.3. The van der Waals surface area contributed by atoms with Crippen molar-refractivity contribution >= 4 is 16.5 Å². The first kappa shape index (κ1) is 16.8. The van der Waals surface area contributed by atoms with Crippen LogP contribution in [0, 0.1) is 0 Å². The topological polar surface area (TPSA) is 57.8 Å². The molecular formula is C24H21N3O. The number of H-pyrrole nitrogens is 1. The third kappa shape index (κ3) is 2.61. The zero-order valence-corrected chi connectivity index (χ0v) is 15.6. The van der Waals surface area contributed by atoms with Gasteiger partial charge in [-0.2, -0.15) is 5.10 Å². The van der Waals surface area contributed by atoms with Crippen molar-refractivity contribution in [3.8, 4) is 0 Å². The molecule has 1 aliphatic rings. The minimum Gasteiger partial charge on any atom is -0.377 e. The average Bonchev–Trinajstić information content (AvgIpc) is 2.76. The zero-order valence-electron chi connectivity index (χ0n) is 15.6. The van der Waals surface area contributed by atoms with Crippen molar-refractivity contribution in [2.75, 3.05) is 5.32 Å². The molecule has 5 rings (SSSR count). The highest BCUT2D eigenvalue weighted by Crippen LogP contribution is 2.46. The van der Waals surface area contributed by atoms with Crippen LogP contribution in [-0.4, -0.2) is 10.2 Å². The van der Waals surface area contributed by atoms with Crippen LogP contribution < -0.4 is 10.9 Å². The van der Waals surface area contributed by atoms with Crippen molar-refractivity contribution in [2.24, 2.45) is 0 Å². The Balaban J connectivity index is 1.76. The molecule has 3 aromatic carbocycles. The van der Waals surface area contributed by atoms with Gasteiger partial charge in [0.05, 0.1) is 23.0 Å². The van der Waals surface area contributed by atoms with E-state index < -0.39 is 0 Å². The Labute approximate surface area is 163 Å². The van der Waals surface area contributed by atoms with Crippen molar-refractivity contribution in [2.45, 2.75) is 25.3 Å². The van der Waals surface area contributed by atoms with Gasteiger partial charge in [-0.15, -0.1) is 0 Å². The Morgan fingerprint density at radius 1 is 0.893 bits per heavy atom. The quantitative estimate of drug-likeness (QED) is 0.548. The van der Waals surface area contributed by atoms with Crippen LogP contribution in [0.25, 0.3) is 10.8 Å². The summed E-state index contributed by atoms with van der Waals surface area (Å²) >= 11 is 0. The van der Waals surface area contributed by atoms with Crippen molar-refractivity contribution < 1.29 is 0 Å². The summed E-state index contributed by atoms with van der Waals surface area (Å²) in [6.07, 6.45) is 1.02. The van der Waals surface area contributed by atoms with E-state index in [2.05, 4.69) is 71.0 Å². The van der Waals surface area contributed by atoms with E-state index in [1.807, 2.05) is 24.3 Å². The van der Waals surface area contributed by atoms with Crippen LogP contribution in [0.15, 0.2) is 77.6 Å². The number of nitrogens with zero attached hydrogens (tertiary/aromatic N) is 1. The number of nitrogens with one attached hydrogen (secondary N) is 2. The van der Waals surface area contributed by atoms with Crippen molar-refractivity contribution in [1.29, 1.82) is 0 Å². The Bertz CT molecular complexity index is 1200. The van der Waals surface area contributed by atoms with Crippen LogP contribution in [0.3, 0.4) is 0 Å². The lowest BCUT2D eigenvalue weighted by Gasteiger charge is -2.34. The molecule has 0 fully saturated rings. The first-order chi connectivity index (χ1) is 13.8. The summed E-state index contributed by atoms with van der Waals surface area (Å²) in [5.74, 6) is 0.00271. The highest BCUT2D eigenvalue weighted by Gasteiger charge is 2.34. The number of benzene rings is 3. The summed E-state index contributed by atoms with van der Waals surface area (Å²) in [6.45, 7) is 2.16. The van der Waals surface area contributed by atoms with Crippen molar-refractivity contribution in [1.82, 2.24) is 10.2 Å². The minimum absolute atomic E-state index is 0.00271. The number of anilines is 1. The first-order valence-corrected chi connectivity index (χ1v) is 9.68. The molecule has 28 heavy (non-hydrogen) atoms. The van der Waals surface area contributed by atoms with Gasteiger partial charge < -0.3 is 5.32 Å². The van der Waals surface area contributed by atoms with Crippen molar-refractivity contribution in [3.63, 3.8) is 0 Å². The van der Waals surface area contributed by atoms with E-state index in [1.165, 1.54) is 16.7 Å². The number of hydrogen-bond acceptors (Lipinski definition) is 3. The largest absolute Gasteiger partial charge is 0.377 e. The van der Waals surface area contributed by atoms with E-state index in [4.69, 9.17) is 0 Å². The van der Waals surface area contributed by atoms with E-state index in [1.54, 1.807) is 0 Å². The van der Waals surface area contributed by atoms with Gasteiger partial charge in [-0.25, -0.2) is 5.10 Å². The predicted molar refractivity (Wildman–Crippen MR) is 113 cm³/mol. The second-order valence-electron chi connectivity index (χ2n) is 7.27. The lowest BCUT2D eigenvalue weighted by molar-refractivity contribution is 0.638. The van der Waals surface area contributed by atoms with E-state index in [9.17, 15) is 4.79 Å². The van der Waals surface area contributed by atoms with Gasteiger partial charge >= 0.3 is 0 Å². The number of aromatic amines is 1. The molecule has 0 radical (unpaired) electrons. The molecule has 1 aromatic heterocycles. The first-order valence-electron chi connectivity index (χ1n) is 9.68. The molecule has 0 amide bonds. The highest BCUT2D eigenvalue weighted by molar-refractivity contribution is 5.97. The van der Waals surface area contributed by atoms with E-state index in [0.29, 0.717) is 5.39 Å². The molecule has 4 aromatic rings. The summed E-state index contributed by atoms with van der Waals surface area (Å²) in [7, 11) is 0. The molecule has 0 saturated heterocycles. The van der Waals surface area contributed by atoms with Gasteiger partial charge in [-0.1, -0.05) is 67.6 Å². The highest BCUT2D eigenvalue weighted by atomic mass is 16.1. The minimum atomic E-state index is -0.153. The lowest BCUT2D eigenvalue weighted by Crippen LogP contribution is -2.28. The van der Waals surface area contributed by atoms with Crippen LogP contribution in [0.5, 0.6) is 0 Å². The number of aryl methyl sites for hydroxylation is 1. The smallest absolute Gasteiger partial charge is 0.272 e. The van der Waals surface area contributed by atoms with Gasteiger partial charge in [0.1, 0.15) is 0 Å². The van der Waals surface area contributed by atoms with Crippen LogP contribution in [0.4, 0.5) is 5.69 Å². The van der Waals surface area contributed by atoms with Gasteiger partial charge in [0.15, 0.2) is 0 Å². The average molecular weight is 367 g/mol. The molecular weight excluding hydrogens is 346 g/mol.